The lowest BCUT2D eigenvalue weighted by Gasteiger charge is -2.11. The lowest BCUT2D eigenvalue weighted by molar-refractivity contribution is -0.385. The van der Waals surface area contributed by atoms with E-state index in [1.54, 1.807) is 25.3 Å². The van der Waals surface area contributed by atoms with Gasteiger partial charge in [-0.3, -0.25) is 10.1 Å². The first-order chi connectivity index (χ1) is 9.52. The molecule has 0 aliphatic rings. The fourth-order valence-electron chi connectivity index (χ4n) is 1.70. The average Bonchev–Trinajstić information content (AvgIpc) is 2.41. The Bertz CT molecular complexity index is 662. The van der Waals surface area contributed by atoms with Crippen LogP contribution in [0.4, 0.5) is 5.69 Å². The molecular weight excluding hydrogens is 392 g/mol. The molecule has 0 unspecified atom stereocenters. The van der Waals surface area contributed by atoms with Crippen molar-refractivity contribution >= 4 is 37.5 Å². The molecule has 1 aromatic carbocycles. The van der Waals surface area contributed by atoms with E-state index < -0.39 is 4.92 Å². The van der Waals surface area contributed by atoms with Crippen LogP contribution in [0.3, 0.4) is 0 Å². The van der Waals surface area contributed by atoms with E-state index >= 15 is 0 Å². The standard InChI is InChI=1S/C13H10Br2N2O3/c1-8-5-10(15)6-11(17(18)19)12(8)20-13-9(7-14)3-2-4-16-13/h2-6H,7H2,1H3. The highest BCUT2D eigenvalue weighted by Gasteiger charge is 2.21. The van der Waals surface area contributed by atoms with Gasteiger partial charge in [0.2, 0.25) is 11.6 Å². The molecule has 0 radical (unpaired) electrons. The number of benzene rings is 1. The quantitative estimate of drug-likeness (QED) is 0.421. The zero-order chi connectivity index (χ0) is 14.7. The molecule has 0 fully saturated rings. The number of aryl methyl sites for hydroxylation is 1. The molecule has 0 aliphatic heterocycles. The summed E-state index contributed by atoms with van der Waals surface area (Å²) in [6.07, 6.45) is 1.58. The van der Waals surface area contributed by atoms with Crippen molar-refractivity contribution in [2.24, 2.45) is 0 Å². The van der Waals surface area contributed by atoms with Crippen molar-refractivity contribution in [3.05, 3.63) is 56.2 Å². The second-order valence-corrected chi connectivity index (χ2v) is 5.51. The summed E-state index contributed by atoms with van der Waals surface area (Å²) in [6.45, 7) is 1.75. The molecule has 5 nitrogen and oxygen atoms in total. The van der Waals surface area contributed by atoms with Gasteiger partial charge in [0.05, 0.1) is 4.92 Å². The zero-order valence-electron chi connectivity index (χ0n) is 10.5. The van der Waals surface area contributed by atoms with E-state index in [0.29, 0.717) is 21.2 Å². The molecule has 0 saturated heterocycles. The molecule has 2 aromatic rings. The molecule has 104 valence electrons. The molecule has 0 aliphatic carbocycles. The van der Waals surface area contributed by atoms with Crippen LogP contribution < -0.4 is 4.74 Å². The molecule has 0 spiro atoms. The van der Waals surface area contributed by atoms with E-state index in [-0.39, 0.29) is 11.4 Å². The number of halogens is 2. The Balaban J connectivity index is 2.50. The highest BCUT2D eigenvalue weighted by molar-refractivity contribution is 9.10. The van der Waals surface area contributed by atoms with Crippen LogP contribution in [-0.4, -0.2) is 9.91 Å². The molecule has 0 atom stereocenters. The second kappa shape index (κ2) is 6.32. The highest BCUT2D eigenvalue weighted by atomic mass is 79.9. The Morgan fingerprint density at radius 2 is 2.20 bits per heavy atom. The SMILES string of the molecule is Cc1cc(Br)cc([N+](=O)[O-])c1Oc1ncccc1CBr. The van der Waals surface area contributed by atoms with Gasteiger partial charge < -0.3 is 4.74 Å². The predicted octanol–water partition coefficient (Wildman–Crippen LogP) is 4.75. The number of nitrogens with zero attached hydrogens (tertiary/aromatic N) is 2. The van der Waals surface area contributed by atoms with Gasteiger partial charge in [-0.25, -0.2) is 4.98 Å². The first kappa shape index (κ1) is 14.9. The molecule has 7 heteroatoms. The van der Waals surface area contributed by atoms with E-state index in [9.17, 15) is 10.1 Å². The Morgan fingerprint density at radius 3 is 2.85 bits per heavy atom. The van der Waals surface area contributed by atoms with E-state index in [1.807, 2.05) is 6.07 Å². The van der Waals surface area contributed by atoms with Gasteiger partial charge in [0.1, 0.15) is 0 Å². The van der Waals surface area contributed by atoms with E-state index in [4.69, 9.17) is 4.74 Å². The number of rotatable bonds is 4. The number of aromatic nitrogens is 1. The molecule has 20 heavy (non-hydrogen) atoms. The fraction of sp³-hybridized carbons (Fsp3) is 0.154. The highest BCUT2D eigenvalue weighted by Crippen LogP contribution is 2.37. The van der Waals surface area contributed by atoms with Crippen molar-refractivity contribution in [3.8, 4) is 11.6 Å². The third kappa shape index (κ3) is 3.16. The summed E-state index contributed by atoms with van der Waals surface area (Å²) in [7, 11) is 0. The van der Waals surface area contributed by atoms with Crippen LogP contribution in [0.1, 0.15) is 11.1 Å². The maximum absolute atomic E-state index is 11.1. The molecule has 0 amide bonds. The third-order valence-electron chi connectivity index (χ3n) is 2.61. The van der Waals surface area contributed by atoms with Gasteiger partial charge in [0.15, 0.2) is 0 Å². The summed E-state index contributed by atoms with van der Waals surface area (Å²) in [5.41, 5.74) is 1.39. The molecule has 1 heterocycles. The predicted molar refractivity (Wildman–Crippen MR) is 82.5 cm³/mol. The van der Waals surface area contributed by atoms with Gasteiger partial charge in [0, 0.05) is 33.2 Å². The van der Waals surface area contributed by atoms with Crippen LogP contribution >= 0.6 is 31.9 Å². The summed E-state index contributed by atoms with van der Waals surface area (Å²) in [5, 5.41) is 11.7. The topological polar surface area (TPSA) is 65.3 Å². The number of pyridine rings is 1. The van der Waals surface area contributed by atoms with Crippen molar-refractivity contribution in [3.63, 3.8) is 0 Å². The minimum Gasteiger partial charge on any atom is -0.431 e. The molecule has 1 aromatic heterocycles. The average molecular weight is 402 g/mol. The maximum atomic E-state index is 11.1. The van der Waals surface area contributed by atoms with Crippen LogP contribution in [0.25, 0.3) is 0 Å². The summed E-state index contributed by atoms with van der Waals surface area (Å²) < 4.78 is 6.31. The number of nitro groups is 1. The number of nitro benzene ring substituents is 1. The van der Waals surface area contributed by atoms with Gasteiger partial charge in [-0.1, -0.05) is 37.9 Å². The molecule has 0 N–H and O–H groups in total. The Labute approximate surface area is 132 Å². The minimum absolute atomic E-state index is 0.0944. The van der Waals surface area contributed by atoms with Crippen molar-refractivity contribution in [1.82, 2.24) is 4.98 Å². The normalized spacial score (nSPS) is 10.3. The van der Waals surface area contributed by atoms with Crippen LogP contribution in [0.2, 0.25) is 0 Å². The van der Waals surface area contributed by atoms with Gasteiger partial charge in [-0.15, -0.1) is 0 Å². The van der Waals surface area contributed by atoms with Crippen LogP contribution in [-0.2, 0) is 5.33 Å². The van der Waals surface area contributed by atoms with Crippen LogP contribution in [0.15, 0.2) is 34.9 Å². The zero-order valence-corrected chi connectivity index (χ0v) is 13.6. The first-order valence-corrected chi connectivity index (χ1v) is 7.56. The molecule has 0 bridgehead atoms. The Kier molecular flexibility index (Phi) is 4.72. The number of hydrogen-bond acceptors (Lipinski definition) is 4. The van der Waals surface area contributed by atoms with Crippen molar-refractivity contribution < 1.29 is 9.66 Å². The summed E-state index contributed by atoms with van der Waals surface area (Å²) in [4.78, 5) is 14.8. The third-order valence-corrected chi connectivity index (χ3v) is 3.67. The van der Waals surface area contributed by atoms with E-state index in [2.05, 4.69) is 36.8 Å². The van der Waals surface area contributed by atoms with Crippen LogP contribution in [0, 0.1) is 17.0 Å². The number of alkyl halides is 1. The second-order valence-electron chi connectivity index (χ2n) is 4.03. The monoisotopic (exact) mass is 400 g/mol. The molecular formula is C13H10Br2N2O3. The van der Waals surface area contributed by atoms with Crippen molar-refractivity contribution in [2.75, 3.05) is 0 Å². The number of hydrogen-bond donors (Lipinski definition) is 0. The number of ether oxygens (including phenoxy) is 1. The van der Waals surface area contributed by atoms with E-state index in [0.717, 1.165) is 5.56 Å². The summed E-state index contributed by atoms with van der Waals surface area (Å²) >= 11 is 6.58. The maximum Gasteiger partial charge on any atom is 0.313 e. The van der Waals surface area contributed by atoms with Gasteiger partial charge in [-0.05, 0) is 19.1 Å². The molecule has 0 saturated carbocycles. The van der Waals surface area contributed by atoms with Gasteiger partial charge in [0.25, 0.3) is 0 Å². The van der Waals surface area contributed by atoms with Gasteiger partial charge >= 0.3 is 5.69 Å². The lowest BCUT2D eigenvalue weighted by Crippen LogP contribution is -1.99. The van der Waals surface area contributed by atoms with E-state index in [1.165, 1.54) is 6.07 Å². The van der Waals surface area contributed by atoms with Crippen LogP contribution in [0.5, 0.6) is 11.6 Å². The first-order valence-electron chi connectivity index (χ1n) is 5.65. The van der Waals surface area contributed by atoms with Crippen molar-refractivity contribution in [2.45, 2.75) is 12.3 Å². The molecule has 2 rings (SSSR count). The Hall–Kier alpha value is -1.47. The Morgan fingerprint density at radius 1 is 1.45 bits per heavy atom. The summed E-state index contributed by atoms with van der Waals surface area (Å²) in [5.74, 6) is 0.567. The van der Waals surface area contributed by atoms with Crippen molar-refractivity contribution in [1.29, 1.82) is 0 Å². The summed E-state index contributed by atoms with van der Waals surface area (Å²) in [6, 6.07) is 6.81. The smallest absolute Gasteiger partial charge is 0.313 e. The fourth-order valence-corrected chi connectivity index (χ4v) is 2.68. The lowest BCUT2D eigenvalue weighted by atomic mass is 10.2. The minimum atomic E-state index is -0.468. The largest absolute Gasteiger partial charge is 0.431 e. The van der Waals surface area contributed by atoms with Gasteiger partial charge in [-0.2, -0.15) is 0 Å².